The molecule has 0 bridgehead atoms. The molecular formula is C17H13F3N2O2. The van der Waals surface area contributed by atoms with Crippen molar-refractivity contribution in [1.82, 2.24) is 4.98 Å². The second-order valence-electron chi connectivity index (χ2n) is 5.39. The smallest absolute Gasteiger partial charge is 0.433 e. The van der Waals surface area contributed by atoms with Gasteiger partial charge in [-0.15, -0.1) is 0 Å². The second kappa shape index (κ2) is 5.99. The number of furan rings is 1. The fourth-order valence-electron chi connectivity index (χ4n) is 2.35. The second-order valence-corrected chi connectivity index (χ2v) is 5.39. The zero-order chi connectivity index (χ0) is 17.3. The number of halogens is 3. The van der Waals surface area contributed by atoms with E-state index in [0.717, 1.165) is 17.0 Å². The van der Waals surface area contributed by atoms with Crippen molar-refractivity contribution in [2.75, 3.05) is 5.32 Å². The Morgan fingerprint density at radius 2 is 2.04 bits per heavy atom. The van der Waals surface area contributed by atoms with Crippen LogP contribution in [-0.4, -0.2) is 10.9 Å². The maximum Gasteiger partial charge on any atom is 0.433 e. The lowest BCUT2D eigenvalue weighted by atomic mass is 10.1. The maximum atomic E-state index is 12.6. The number of nitrogens with zero attached hydrogens (tertiary/aromatic N) is 1. The van der Waals surface area contributed by atoms with Gasteiger partial charge in [-0.1, -0.05) is 18.2 Å². The Balaban J connectivity index is 1.76. The van der Waals surface area contributed by atoms with E-state index in [1.807, 2.05) is 25.1 Å². The molecule has 0 aliphatic rings. The molecule has 0 radical (unpaired) electrons. The molecule has 1 N–H and O–H groups in total. The molecule has 0 saturated carbocycles. The van der Waals surface area contributed by atoms with Gasteiger partial charge in [0.25, 0.3) is 0 Å². The van der Waals surface area contributed by atoms with Gasteiger partial charge in [0.15, 0.2) is 0 Å². The van der Waals surface area contributed by atoms with Gasteiger partial charge in [-0.25, -0.2) is 4.98 Å². The Morgan fingerprint density at radius 1 is 1.25 bits per heavy atom. The number of rotatable bonds is 3. The largest absolute Gasteiger partial charge is 0.464 e. The van der Waals surface area contributed by atoms with Gasteiger partial charge >= 0.3 is 6.18 Å². The molecule has 124 valence electrons. The Kier molecular flexibility index (Phi) is 4.01. The van der Waals surface area contributed by atoms with Gasteiger partial charge in [0.2, 0.25) is 5.91 Å². The lowest BCUT2D eigenvalue weighted by molar-refractivity contribution is -0.141. The quantitative estimate of drug-likeness (QED) is 0.775. The Labute approximate surface area is 135 Å². The van der Waals surface area contributed by atoms with Crippen LogP contribution < -0.4 is 5.32 Å². The van der Waals surface area contributed by atoms with Gasteiger partial charge in [-0.2, -0.15) is 13.2 Å². The average Bonchev–Trinajstić information content (AvgIpc) is 2.88. The highest BCUT2D eigenvalue weighted by Gasteiger charge is 2.32. The number of alkyl halides is 3. The summed E-state index contributed by atoms with van der Waals surface area (Å²) in [5.41, 5.74) is 1.30. The summed E-state index contributed by atoms with van der Waals surface area (Å²) < 4.78 is 43.3. The molecule has 2 aromatic heterocycles. The number of nitrogens with one attached hydrogen (secondary N) is 1. The molecule has 3 aromatic rings. The monoisotopic (exact) mass is 334 g/mol. The predicted octanol–water partition coefficient (Wildman–Crippen LogP) is 4.34. The number of amides is 1. The normalized spacial score (nSPS) is 11.7. The van der Waals surface area contributed by atoms with E-state index >= 15 is 0 Å². The van der Waals surface area contributed by atoms with E-state index in [0.29, 0.717) is 11.1 Å². The minimum atomic E-state index is -4.56. The van der Waals surface area contributed by atoms with Gasteiger partial charge in [-0.3, -0.25) is 4.79 Å². The third-order valence-corrected chi connectivity index (χ3v) is 3.47. The summed E-state index contributed by atoms with van der Waals surface area (Å²) in [6, 6.07) is 8.95. The highest BCUT2D eigenvalue weighted by molar-refractivity contribution is 5.94. The van der Waals surface area contributed by atoms with Crippen molar-refractivity contribution >= 4 is 22.7 Å². The van der Waals surface area contributed by atoms with Crippen molar-refractivity contribution in [3.05, 3.63) is 59.5 Å². The summed E-state index contributed by atoms with van der Waals surface area (Å²) in [5.74, 6) is -0.608. The molecule has 2 heterocycles. The van der Waals surface area contributed by atoms with Crippen molar-refractivity contribution in [1.29, 1.82) is 0 Å². The third kappa shape index (κ3) is 3.40. The highest BCUT2D eigenvalue weighted by atomic mass is 19.4. The van der Waals surface area contributed by atoms with Crippen LogP contribution in [0.25, 0.3) is 11.0 Å². The first-order valence-corrected chi connectivity index (χ1v) is 7.14. The van der Waals surface area contributed by atoms with E-state index in [1.54, 1.807) is 0 Å². The molecule has 0 saturated heterocycles. The number of hydrogen-bond donors (Lipinski definition) is 1. The molecule has 3 rings (SSSR count). The van der Waals surface area contributed by atoms with Gasteiger partial charge in [0.05, 0.1) is 12.7 Å². The van der Waals surface area contributed by atoms with Crippen LogP contribution in [0, 0.1) is 6.92 Å². The number of hydrogen-bond acceptors (Lipinski definition) is 3. The maximum absolute atomic E-state index is 12.6. The molecule has 0 unspecified atom stereocenters. The van der Waals surface area contributed by atoms with E-state index in [1.165, 1.54) is 18.4 Å². The van der Waals surface area contributed by atoms with Crippen molar-refractivity contribution in [3.63, 3.8) is 0 Å². The first-order valence-electron chi connectivity index (χ1n) is 7.14. The van der Waals surface area contributed by atoms with Crippen LogP contribution in [0.4, 0.5) is 19.0 Å². The zero-order valence-corrected chi connectivity index (χ0v) is 12.6. The molecule has 1 amide bonds. The lowest BCUT2D eigenvalue weighted by Crippen LogP contribution is -2.17. The molecule has 4 nitrogen and oxygen atoms in total. The summed E-state index contributed by atoms with van der Waals surface area (Å²) >= 11 is 0. The number of aryl methyl sites for hydroxylation is 1. The van der Waals surface area contributed by atoms with Crippen LogP contribution >= 0.6 is 0 Å². The van der Waals surface area contributed by atoms with E-state index in [9.17, 15) is 18.0 Å². The van der Waals surface area contributed by atoms with Crippen LogP contribution in [0.3, 0.4) is 0 Å². The molecule has 1 aromatic carbocycles. The Morgan fingerprint density at radius 3 is 2.79 bits per heavy atom. The first kappa shape index (κ1) is 16.0. The van der Waals surface area contributed by atoms with Crippen molar-refractivity contribution in [2.45, 2.75) is 19.5 Å². The molecule has 0 spiro atoms. The standard InChI is InChI=1S/C17H13F3N2O2/c1-10-5-6-12-11(9-24-13(12)7-10)8-16(23)22-15-4-2-3-14(21-15)17(18,19)20/h2-7,9H,8H2,1H3,(H,21,22,23). The van der Waals surface area contributed by atoms with Gasteiger partial charge < -0.3 is 9.73 Å². The lowest BCUT2D eigenvalue weighted by Gasteiger charge is -2.08. The van der Waals surface area contributed by atoms with Crippen molar-refractivity contribution < 1.29 is 22.4 Å². The number of anilines is 1. The van der Waals surface area contributed by atoms with Crippen LogP contribution in [-0.2, 0) is 17.4 Å². The van der Waals surface area contributed by atoms with Gasteiger partial charge in [0, 0.05) is 10.9 Å². The minimum Gasteiger partial charge on any atom is -0.464 e. The van der Waals surface area contributed by atoms with Crippen LogP contribution in [0.1, 0.15) is 16.8 Å². The summed E-state index contributed by atoms with van der Waals surface area (Å²) in [6.45, 7) is 1.92. The number of aromatic nitrogens is 1. The van der Waals surface area contributed by atoms with Crippen LogP contribution in [0.15, 0.2) is 47.1 Å². The summed E-state index contributed by atoms with van der Waals surface area (Å²) in [5, 5.41) is 3.18. The molecule has 24 heavy (non-hydrogen) atoms. The third-order valence-electron chi connectivity index (χ3n) is 3.47. The Bertz CT molecular complexity index is 900. The number of pyridine rings is 1. The molecule has 7 heteroatoms. The summed E-state index contributed by atoms with van der Waals surface area (Å²) in [6.07, 6.45) is -3.10. The van der Waals surface area contributed by atoms with Gasteiger partial charge in [-0.05, 0) is 30.7 Å². The topological polar surface area (TPSA) is 55.1 Å². The molecule has 0 aliphatic carbocycles. The minimum absolute atomic E-state index is 0.0199. The fourth-order valence-corrected chi connectivity index (χ4v) is 2.35. The SMILES string of the molecule is Cc1ccc2c(CC(=O)Nc3cccc(C(F)(F)F)n3)coc2c1. The fraction of sp³-hybridized carbons (Fsp3) is 0.176. The highest BCUT2D eigenvalue weighted by Crippen LogP contribution is 2.28. The number of fused-ring (bicyclic) bond motifs is 1. The van der Waals surface area contributed by atoms with Crippen molar-refractivity contribution in [3.8, 4) is 0 Å². The van der Waals surface area contributed by atoms with Gasteiger partial charge in [0.1, 0.15) is 17.1 Å². The Hall–Kier alpha value is -2.83. The molecule has 0 aliphatic heterocycles. The molecular weight excluding hydrogens is 321 g/mol. The summed E-state index contributed by atoms with van der Waals surface area (Å²) in [4.78, 5) is 15.5. The number of carbonyl (C=O) groups excluding carboxylic acids is 1. The van der Waals surface area contributed by atoms with E-state index < -0.39 is 17.8 Å². The van der Waals surface area contributed by atoms with Crippen LogP contribution in [0.2, 0.25) is 0 Å². The zero-order valence-electron chi connectivity index (χ0n) is 12.6. The molecule has 0 atom stereocenters. The predicted molar refractivity (Wildman–Crippen MR) is 82.5 cm³/mol. The number of benzene rings is 1. The van der Waals surface area contributed by atoms with Crippen LogP contribution in [0.5, 0.6) is 0 Å². The van der Waals surface area contributed by atoms with Crippen molar-refractivity contribution in [2.24, 2.45) is 0 Å². The number of carbonyl (C=O) groups is 1. The van der Waals surface area contributed by atoms with E-state index in [2.05, 4.69) is 10.3 Å². The van der Waals surface area contributed by atoms with E-state index in [-0.39, 0.29) is 12.2 Å². The molecule has 0 fully saturated rings. The van der Waals surface area contributed by atoms with E-state index in [4.69, 9.17) is 4.42 Å². The summed E-state index contributed by atoms with van der Waals surface area (Å²) in [7, 11) is 0. The first-order chi connectivity index (χ1) is 11.3. The average molecular weight is 334 g/mol.